The molecule has 32 heavy (non-hydrogen) atoms. The SMILES string of the molecule is C=C1c2nc(Cc3ccccc3)c(N3CCOCC3)cc2C(=O)N1CCc1ccccc1. The molecule has 5 nitrogen and oxygen atoms in total. The van der Waals surface area contributed by atoms with Crippen LogP contribution in [0.1, 0.15) is 32.9 Å². The van der Waals surface area contributed by atoms with Crippen molar-refractivity contribution in [1.82, 2.24) is 9.88 Å². The Bertz CT molecular complexity index is 1120. The number of rotatable bonds is 6. The number of anilines is 1. The Hall–Kier alpha value is -3.44. The number of aromatic nitrogens is 1. The number of benzene rings is 2. The summed E-state index contributed by atoms with van der Waals surface area (Å²) in [6, 6.07) is 22.6. The first-order valence-corrected chi connectivity index (χ1v) is 11.2. The Labute approximate surface area is 189 Å². The van der Waals surface area contributed by atoms with Gasteiger partial charge < -0.3 is 14.5 Å². The van der Waals surface area contributed by atoms with E-state index in [1.54, 1.807) is 4.90 Å². The van der Waals surface area contributed by atoms with E-state index >= 15 is 0 Å². The standard InChI is InChI=1S/C27H27N3O2/c1-20-26-23(27(31)30(20)13-12-21-8-4-2-5-9-21)19-25(29-14-16-32-17-15-29)24(28-26)18-22-10-6-3-7-11-22/h2-11,19H,1,12-18H2. The van der Waals surface area contributed by atoms with Gasteiger partial charge >= 0.3 is 0 Å². The predicted molar refractivity (Wildman–Crippen MR) is 127 cm³/mol. The van der Waals surface area contributed by atoms with Crippen LogP contribution in [0, 0.1) is 0 Å². The van der Waals surface area contributed by atoms with Crippen LogP contribution in [0.5, 0.6) is 0 Å². The molecule has 2 aromatic carbocycles. The van der Waals surface area contributed by atoms with Gasteiger partial charge in [-0.25, -0.2) is 4.98 Å². The first-order chi connectivity index (χ1) is 15.7. The highest BCUT2D eigenvalue weighted by Gasteiger charge is 2.34. The summed E-state index contributed by atoms with van der Waals surface area (Å²) < 4.78 is 5.55. The Morgan fingerprint density at radius 2 is 1.59 bits per heavy atom. The van der Waals surface area contributed by atoms with Crippen molar-refractivity contribution < 1.29 is 9.53 Å². The third-order valence-electron chi connectivity index (χ3n) is 6.19. The molecule has 0 aliphatic carbocycles. The first kappa shape index (κ1) is 20.5. The monoisotopic (exact) mass is 425 g/mol. The van der Waals surface area contributed by atoms with Crippen LogP contribution in [-0.4, -0.2) is 48.6 Å². The minimum absolute atomic E-state index is 0.00537. The van der Waals surface area contributed by atoms with E-state index in [1.165, 1.54) is 11.1 Å². The number of hydrogen-bond donors (Lipinski definition) is 0. The fraction of sp³-hybridized carbons (Fsp3) is 0.259. The molecule has 1 saturated heterocycles. The third-order valence-corrected chi connectivity index (χ3v) is 6.19. The van der Waals surface area contributed by atoms with Gasteiger partial charge in [0, 0.05) is 26.1 Å². The molecule has 0 spiro atoms. The van der Waals surface area contributed by atoms with Crippen molar-refractivity contribution in [3.8, 4) is 0 Å². The quantitative estimate of drug-likeness (QED) is 0.594. The largest absolute Gasteiger partial charge is 0.378 e. The van der Waals surface area contributed by atoms with Crippen LogP contribution < -0.4 is 4.90 Å². The molecule has 3 aromatic rings. The second-order valence-corrected chi connectivity index (χ2v) is 8.25. The van der Waals surface area contributed by atoms with Crippen molar-refractivity contribution in [1.29, 1.82) is 0 Å². The summed E-state index contributed by atoms with van der Waals surface area (Å²) in [5.74, 6) is -0.00537. The number of pyridine rings is 1. The van der Waals surface area contributed by atoms with E-state index in [0.717, 1.165) is 30.9 Å². The average molecular weight is 426 g/mol. The van der Waals surface area contributed by atoms with Crippen LogP contribution in [0.15, 0.2) is 73.3 Å². The molecular formula is C27H27N3O2. The minimum atomic E-state index is -0.00537. The predicted octanol–water partition coefficient (Wildman–Crippen LogP) is 4.18. The van der Waals surface area contributed by atoms with E-state index in [1.807, 2.05) is 42.5 Å². The summed E-state index contributed by atoms with van der Waals surface area (Å²) in [6.45, 7) is 7.81. The van der Waals surface area contributed by atoms with Crippen molar-refractivity contribution in [3.63, 3.8) is 0 Å². The molecule has 5 rings (SSSR count). The lowest BCUT2D eigenvalue weighted by atomic mass is 10.0. The Morgan fingerprint density at radius 3 is 2.28 bits per heavy atom. The molecule has 0 unspecified atom stereocenters. The lowest BCUT2D eigenvalue weighted by Crippen LogP contribution is -2.37. The molecule has 162 valence electrons. The van der Waals surface area contributed by atoms with Gasteiger partial charge in [0.25, 0.3) is 5.91 Å². The van der Waals surface area contributed by atoms with Gasteiger partial charge in [0.2, 0.25) is 0 Å². The second kappa shape index (κ2) is 8.97. The zero-order valence-electron chi connectivity index (χ0n) is 18.2. The Kier molecular flexibility index (Phi) is 5.73. The molecule has 1 amide bonds. The molecule has 0 saturated carbocycles. The second-order valence-electron chi connectivity index (χ2n) is 8.25. The number of ether oxygens (including phenoxy) is 1. The van der Waals surface area contributed by atoms with Crippen molar-refractivity contribution in [2.45, 2.75) is 12.8 Å². The van der Waals surface area contributed by atoms with Crippen LogP contribution in [0.4, 0.5) is 5.69 Å². The van der Waals surface area contributed by atoms with Crippen molar-refractivity contribution in [2.24, 2.45) is 0 Å². The maximum absolute atomic E-state index is 13.3. The maximum Gasteiger partial charge on any atom is 0.260 e. The van der Waals surface area contributed by atoms with Gasteiger partial charge in [-0.2, -0.15) is 0 Å². The van der Waals surface area contributed by atoms with Crippen LogP contribution in [0.2, 0.25) is 0 Å². The number of amides is 1. The van der Waals surface area contributed by atoms with Gasteiger partial charge in [0.05, 0.1) is 41.5 Å². The van der Waals surface area contributed by atoms with Crippen LogP contribution in [-0.2, 0) is 17.6 Å². The number of morpholine rings is 1. The van der Waals surface area contributed by atoms with E-state index in [2.05, 4.69) is 35.7 Å². The summed E-state index contributed by atoms with van der Waals surface area (Å²) in [5.41, 5.74) is 6.48. The van der Waals surface area contributed by atoms with Crippen molar-refractivity contribution in [2.75, 3.05) is 37.7 Å². The summed E-state index contributed by atoms with van der Waals surface area (Å²) in [4.78, 5) is 22.4. The number of carbonyl (C=O) groups is 1. The zero-order chi connectivity index (χ0) is 21.9. The van der Waals surface area contributed by atoms with Gasteiger partial charge in [-0.15, -0.1) is 0 Å². The summed E-state index contributed by atoms with van der Waals surface area (Å²) in [5, 5.41) is 0. The van der Waals surface area contributed by atoms with Crippen LogP contribution in [0.25, 0.3) is 5.70 Å². The number of nitrogens with zero attached hydrogens (tertiary/aromatic N) is 3. The maximum atomic E-state index is 13.3. The van der Waals surface area contributed by atoms with E-state index in [9.17, 15) is 4.79 Å². The fourth-order valence-corrected chi connectivity index (χ4v) is 4.44. The molecule has 1 aromatic heterocycles. The van der Waals surface area contributed by atoms with E-state index < -0.39 is 0 Å². The summed E-state index contributed by atoms with van der Waals surface area (Å²) in [7, 11) is 0. The molecule has 5 heteroatoms. The molecule has 3 heterocycles. The highest BCUT2D eigenvalue weighted by molar-refractivity contribution is 6.08. The normalized spacial score (nSPS) is 15.9. The van der Waals surface area contributed by atoms with Crippen molar-refractivity contribution in [3.05, 3.63) is 101 Å². The molecule has 0 radical (unpaired) electrons. The number of carbonyl (C=O) groups excluding carboxylic acids is 1. The molecule has 2 aliphatic rings. The van der Waals surface area contributed by atoms with Gasteiger partial charge in [-0.1, -0.05) is 67.2 Å². The van der Waals surface area contributed by atoms with Gasteiger partial charge in [0.1, 0.15) is 0 Å². The van der Waals surface area contributed by atoms with Crippen molar-refractivity contribution >= 4 is 17.3 Å². The van der Waals surface area contributed by atoms with Gasteiger partial charge in [0.15, 0.2) is 0 Å². The van der Waals surface area contributed by atoms with E-state index in [4.69, 9.17) is 9.72 Å². The topological polar surface area (TPSA) is 45.7 Å². The molecule has 0 atom stereocenters. The summed E-state index contributed by atoms with van der Waals surface area (Å²) in [6.07, 6.45) is 1.50. The lowest BCUT2D eigenvalue weighted by Gasteiger charge is -2.30. The average Bonchev–Trinajstić information content (AvgIpc) is 3.08. The molecule has 0 bridgehead atoms. The Balaban J connectivity index is 1.47. The van der Waals surface area contributed by atoms with E-state index in [-0.39, 0.29) is 5.91 Å². The summed E-state index contributed by atoms with van der Waals surface area (Å²) >= 11 is 0. The minimum Gasteiger partial charge on any atom is -0.378 e. The fourth-order valence-electron chi connectivity index (χ4n) is 4.44. The van der Waals surface area contributed by atoms with Crippen LogP contribution in [0.3, 0.4) is 0 Å². The highest BCUT2D eigenvalue weighted by Crippen LogP contribution is 2.35. The smallest absolute Gasteiger partial charge is 0.260 e. The zero-order valence-corrected chi connectivity index (χ0v) is 18.2. The van der Waals surface area contributed by atoms with Gasteiger partial charge in [-0.05, 0) is 23.6 Å². The first-order valence-electron chi connectivity index (χ1n) is 11.2. The molecule has 2 aliphatic heterocycles. The Morgan fingerprint density at radius 1 is 0.938 bits per heavy atom. The lowest BCUT2D eigenvalue weighted by molar-refractivity contribution is 0.0852. The van der Waals surface area contributed by atoms with Crippen LogP contribution >= 0.6 is 0 Å². The van der Waals surface area contributed by atoms with Gasteiger partial charge in [-0.3, -0.25) is 4.79 Å². The molecule has 1 fully saturated rings. The highest BCUT2D eigenvalue weighted by atomic mass is 16.5. The molecular weight excluding hydrogens is 398 g/mol. The number of fused-ring (bicyclic) bond motifs is 1. The third kappa shape index (κ3) is 4.04. The van der Waals surface area contributed by atoms with E-state index in [0.29, 0.717) is 43.1 Å². The number of hydrogen-bond acceptors (Lipinski definition) is 4. The molecule has 0 N–H and O–H groups in total.